The van der Waals surface area contributed by atoms with Gasteiger partial charge in [-0.2, -0.15) is 9.57 Å². The summed E-state index contributed by atoms with van der Waals surface area (Å²) in [5.74, 6) is 0.888. The number of ether oxygens (including phenoxy) is 2. The molecule has 8 nitrogen and oxygen atoms in total. The van der Waals surface area contributed by atoms with Crippen LogP contribution in [0.5, 0.6) is 11.6 Å². The summed E-state index contributed by atoms with van der Waals surface area (Å²) in [6.07, 6.45) is 4.55. The Bertz CT molecular complexity index is 1000. The van der Waals surface area contributed by atoms with Crippen LogP contribution in [0, 0.1) is 11.3 Å². The van der Waals surface area contributed by atoms with Crippen molar-refractivity contribution in [3.63, 3.8) is 0 Å². The summed E-state index contributed by atoms with van der Waals surface area (Å²) in [4.78, 5) is 8.23. The maximum Gasteiger partial charge on any atom is 0.251 e. The van der Waals surface area contributed by atoms with Crippen LogP contribution in [-0.4, -0.2) is 48.5 Å². The Kier molecular flexibility index (Phi) is 4.68. The molecule has 2 aliphatic heterocycles. The van der Waals surface area contributed by atoms with Gasteiger partial charge in [0.25, 0.3) is 5.88 Å². The fraction of sp³-hybridized carbons (Fsp3) is 0.389. The van der Waals surface area contributed by atoms with Crippen molar-refractivity contribution < 1.29 is 17.9 Å². The van der Waals surface area contributed by atoms with E-state index in [0.717, 1.165) is 11.3 Å². The lowest BCUT2D eigenvalue weighted by Crippen LogP contribution is -2.44. The van der Waals surface area contributed by atoms with Crippen LogP contribution in [0.3, 0.4) is 0 Å². The minimum absolute atomic E-state index is 0.0936. The van der Waals surface area contributed by atoms with Crippen LogP contribution in [0.4, 0.5) is 0 Å². The molecule has 0 radical (unpaired) electrons. The van der Waals surface area contributed by atoms with Crippen molar-refractivity contribution in [3.05, 3.63) is 41.9 Å². The summed E-state index contributed by atoms with van der Waals surface area (Å²) in [7, 11) is -3.63. The van der Waals surface area contributed by atoms with E-state index in [-0.39, 0.29) is 29.1 Å². The molecule has 1 fully saturated rings. The normalized spacial score (nSPS) is 19.7. The van der Waals surface area contributed by atoms with Crippen LogP contribution in [0.2, 0.25) is 0 Å². The van der Waals surface area contributed by atoms with E-state index in [9.17, 15) is 8.42 Å². The minimum Gasteiger partial charge on any atom is -0.493 e. The summed E-state index contributed by atoms with van der Waals surface area (Å²) in [5.41, 5.74) is 1.01. The number of piperidine rings is 1. The quantitative estimate of drug-likeness (QED) is 0.784. The molecule has 1 atom stereocenters. The first-order valence-electron chi connectivity index (χ1n) is 8.71. The summed E-state index contributed by atoms with van der Waals surface area (Å²) in [6.45, 7) is 1.22. The Labute approximate surface area is 157 Å². The predicted octanol–water partition coefficient (Wildman–Crippen LogP) is 1.52. The van der Waals surface area contributed by atoms with E-state index in [4.69, 9.17) is 14.7 Å². The number of aromatic nitrogens is 2. The van der Waals surface area contributed by atoms with Gasteiger partial charge in [0, 0.05) is 25.4 Å². The van der Waals surface area contributed by atoms with Crippen molar-refractivity contribution in [2.24, 2.45) is 0 Å². The first-order chi connectivity index (χ1) is 13.1. The molecule has 27 heavy (non-hydrogen) atoms. The monoisotopic (exact) mass is 386 g/mol. The number of nitriles is 1. The Morgan fingerprint density at radius 2 is 2.15 bits per heavy atom. The maximum atomic E-state index is 13.1. The van der Waals surface area contributed by atoms with Gasteiger partial charge in [0.15, 0.2) is 0 Å². The van der Waals surface area contributed by atoms with Crippen molar-refractivity contribution in [2.75, 3.05) is 19.7 Å². The summed E-state index contributed by atoms with van der Waals surface area (Å²) < 4.78 is 38.8. The van der Waals surface area contributed by atoms with Crippen molar-refractivity contribution in [1.29, 1.82) is 5.26 Å². The standard InChI is InChI=1S/C18H18N4O4S/c19-11-16-18(21-7-6-20-16)26-14-2-1-8-22(12-14)27(23,24)15-3-4-17-13(10-15)5-9-25-17/h3-4,6-7,10,14H,1-2,5,8-9,12H2/t14-/m1/s1. The Morgan fingerprint density at radius 1 is 1.30 bits per heavy atom. The van der Waals surface area contributed by atoms with E-state index >= 15 is 0 Å². The van der Waals surface area contributed by atoms with E-state index in [2.05, 4.69) is 9.97 Å². The number of hydrogen-bond donors (Lipinski definition) is 0. The van der Waals surface area contributed by atoms with Crippen molar-refractivity contribution in [1.82, 2.24) is 14.3 Å². The molecule has 0 amide bonds. The number of benzene rings is 1. The highest BCUT2D eigenvalue weighted by Gasteiger charge is 2.32. The first-order valence-corrected chi connectivity index (χ1v) is 10.2. The van der Waals surface area contributed by atoms with E-state index in [0.29, 0.717) is 32.4 Å². The Hall–Kier alpha value is -2.70. The summed E-state index contributed by atoms with van der Waals surface area (Å²) in [5, 5.41) is 9.11. The Morgan fingerprint density at radius 3 is 3.00 bits per heavy atom. The van der Waals surface area contributed by atoms with Gasteiger partial charge in [-0.15, -0.1) is 0 Å². The highest BCUT2D eigenvalue weighted by Crippen LogP contribution is 2.30. The number of sulfonamides is 1. The van der Waals surface area contributed by atoms with Gasteiger partial charge in [-0.3, -0.25) is 0 Å². The second kappa shape index (κ2) is 7.13. The van der Waals surface area contributed by atoms with Crippen molar-refractivity contribution in [3.8, 4) is 17.7 Å². The number of nitrogens with zero attached hydrogens (tertiary/aromatic N) is 4. The number of fused-ring (bicyclic) bond motifs is 1. The second-order valence-corrected chi connectivity index (χ2v) is 8.37. The molecule has 2 aliphatic rings. The maximum absolute atomic E-state index is 13.1. The Balaban J connectivity index is 1.53. The molecule has 1 aromatic heterocycles. The van der Waals surface area contributed by atoms with Gasteiger partial charge >= 0.3 is 0 Å². The molecule has 0 bridgehead atoms. The molecule has 0 saturated carbocycles. The molecule has 0 N–H and O–H groups in total. The van der Waals surface area contributed by atoms with Gasteiger partial charge in [-0.1, -0.05) is 0 Å². The molecule has 0 unspecified atom stereocenters. The lowest BCUT2D eigenvalue weighted by Gasteiger charge is -2.31. The smallest absolute Gasteiger partial charge is 0.251 e. The van der Waals surface area contributed by atoms with Crippen LogP contribution in [0.25, 0.3) is 0 Å². The predicted molar refractivity (Wildman–Crippen MR) is 94.8 cm³/mol. The lowest BCUT2D eigenvalue weighted by atomic mass is 10.1. The van der Waals surface area contributed by atoms with Gasteiger partial charge in [-0.05, 0) is 36.6 Å². The zero-order chi connectivity index (χ0) is 18.9. The van der Waals surface area contributed by atoms with Crippen LogP contribution < -0.4 is 9.47 Å². The van der Waals surface area contributed by atoms with Crippen LogP contribution in [0.15, 0.2) is 35.5 Å². The van der Waals surface area contributed by atoms with E-state index in [1.54, 1.807) is 18.2 Å². The minimum atomic E-state index is -3.63. The molecule has 140 valence electrons. The largest absolute Gasteiger partial charge is 0.493 e. The lowest BCUT2D eigenvalue weighted by molar-refractivity contribution is 0.124. The van der Waals surface area contributed by atoms with E-state index in [1.165, 1.54) is 16.7 Å². The topological polar surface area (TPSA) is 105 Å². The molecular weight excluding hydrogens is 368 g/mol. The zero-order valence-corrected chi connectivity index (χ0v) is 15.4. The van der Waals surface area contributed by atoms with Crippen molar-refractivity contribution in [2.45, 2.75) is 30.3 Å². The second-order valence-electron chi connectivity index (χ2n) is 6.44. The van der Waals surface area contributed by atoms with Crippen LogP contribution >= 0.6 is 0 Å². The number of hydrogen-bond acceptors (Lipinski definition) is 7. The molecule has 2 aromatic rings. The van der Waals surface area contributed by atoms with Gasteiger partial charge in [0.2, 0.25) is 15.7 Å². The highest BCUT2D eigenvalue weighted by molar-refractivity contribution is 7.89. The van der Waals surface area contributed by atoms with Crippen LogP contribution in [-0.2, 0) is 16.4 Å². The third-order valence-corrected chi connectivity index (χ3v) is 6.55. The fourth-order valence-corrected chi connectivity index (χ4v) is 4.90. The SMILES string of the molecule is N#Cc1nccnc1O[C@@H]1CCCN(S(=O)(=O)c2ccc3c(c2)CCO3)C1. The third-order valence-electron chi connectivity index (χ3n) is 4.69. The number of rotatable bonds is 4. The summed E-state index contributed by atoms with van der Waals surface area (Å²) >= 11 is 0. The average molecular weight is 386 g/mol. The fourth-order valence-electron chi connectivity index (χ4n) is 3.34. The van der Waals surface area contributed by atoms with E-state index < -0.39 is 10.0 Å². The van der Waals surface area contributed by atoms with Gasteiger partial charge in [0.05, 0.1) is 18.0 Å². The zero-order valence-electron chi connectivity index (χ0n) is 14.5. The molecule has 0 aliphatic carbocycles. The molecule has 1 aromatic carbocycles. The molecular formula is C18H18N4O4S. The first kappa shape index (κ1) is 17.7. The van der Waals surface area contributed by atoms with Gasteiger partial charge in [-0.25, -0.2) is 18.4 Å². The molecule has 1 saturated heterocycles. The average Bonchev–Trinajstić information content (AvgIpc) is 3.16. The van der Waals surface area contributed by atoms with Gasteiger partial charge < -0.3 is 9.47 Å². The van der Waals surface area contributed by atoms with E-state index in [1.807, 2.05) is 6.07 Å². The third kappa shape index (κ3) is 3.46. The van der Waals surface area contributed by atoms with Crippen molar-refractivity contribution >= 4 is 10.0 Å². The summed E-state index contributed by atoms with van der Waals surface area (Å²) in [6, 6.07) is 6.92. The molecule has 4 rings (SSSR count). The molecule has 9 heteroatoms. The highest BCUT2D eigenvalue weighted by atomic mass is 32.2. The molecule has 0 spiro atoms. The van der Waals surface area contributed by atoms with Gasteiger partial charge in [0.1, 0.15) is 17.9 Å². The molecule has 3 heterocycles. The van der Waals surface area contributed by atoms with Crippen LogP contribution in [0.1, 0.15) is 24.1 Å².